The SMILES string of the molecule is CC(O)(CC(=O)Nc1ccn(CCC#N)n1)c1ccccc1. The minimum Gasteiger partial charge on any atom is -0.385 e. The zero-order valence-corrected chi connectivity index (χ0v) is 12.4. The predicted molar refractivity (Wildman–Crippen MR) is 81.7 cm³/mol. The van der Waals surface area contributed by atoms with Crippen LogP contribution in [-0.2, 0) is 16.9 Å². The lowest BCUT2D eigenvalue weighted by Gasteiger charge is -2.22. The summed E-state index contributed by atoms with van der Waals surface area (Å²) in [5, 5.41) is 25.8. The van der Waals surface area contributed by atoms with Gasteiger partial charge in [-0.05, 0) is 12.5 Å². The van der Waals surface area contributed by atoms with Crippen LogP contribution in [0.15, 0.2) is 42.6 Å². The van der Waals surface area contributed by atoms with Crippen LogP contribution in [0, 0.1) is 11.3 Å². The van der Waals surface area contributed by atoms with Crippen LogP contribution >= 0.6 is 0 Å². The Morgan fingerprint density at radius 1 is 1.41 bits per heavy atom. The highest BCUT2D eigenvalue weighted by Gasteiger charge is 2.26. The third-order valence-electron chi connectivity index (χ3n) is 3.26. The topological polar surface area (TPSA) is 90.9 Å². The summed E-state index contributed by atoms with van der Waals surface area (Å²) in [5.41, 5.74) is -0.556. The van der Waals surface area contributed by atoms with Gasteiger partial charge in [0.15, 0.2) is 5.82 Å². The molecular formula is C16H18N4O2. The highest BCUT2D eigenvalue weighted by atomic mass is 16.3. The molecule has 0 bridgehead atoms. The van der Waals surface area contributed by atoms with Gasteiger partial charge in [0.25, 0.3) is 0 Å². The predicted octanol–water partition coefficient (Wildman–Crippen LogP) is 2.03. The number of benzene rings is 1. The number of nitrogens with one attached hydrogen (secondary N) is 1. The molecule has 1 aromatic heterocycles. The Hall–Kier alpha value is -2.65. The number of anilines is 1. The molecule has 114 valence electrons. The van der Waals surface area contributed by atoms with Crippen LogP contribution in [0.3, 0.4) is 0 Å². The van der Waals surface area contributed by atoms with E-state index in [9.17, 15) is 9.90 Å². The quantitative estimate of drug-likeness (QED) is 0.853. The molecule has 22 heavy (non-hydrogen) atoms. The Kier molecular flexibility index (Phi) is 4.92. The summed E-state index contributed by atoms with van der Waals surface area (Å²) in [5.74, 6) is 0.0891. The summed E-state index contributed by atoms with van der Waals surface area (Å²) in [7, 11) is 0. The Labute approximate surface area is 129 Å². The monoisotopic (exact) mass is 298 g/mol. The van der Waals surface area contributed by atoms with Gasteiger partial charge in [-0.2, -0.15) is 10.4 Å². The number of amides is 1. The Bertz CT molecular complexity index is 671. The van der Waals surface area contributed by atoms with Crippen LogP contribution in [0.25, 0.3) is 0 Å². The van der Waals surface area contributed by atoms with Crippen LogP contribution in [0.4, 0.5) is 5.82 Å². The van der Waals surface area contributed by atoms with Crippen molar-refractivity contribution in [1.29, 1.82) is 5.26 Å². The number of aryl methyl sites for hydroxylation is 1. The van der Waals surface area contributed by atoms with E-state index < -0.39 is 5.60 Å². The largest absolute Gasteiger partial charge is 0.385 e. The third-order valence-corrected chi connectivity index (χ3v) is 3.26. The molecule has 2 N–H and O–H groups in total. The summed E-state index contributed by atoms with van der Waals surface area (Å²) in [6, 6.07) is 12.7. The van der Waals surface area contributed by atoms with E-state index in [0.717, 1.165) is 0 Å². The molecule has 0 radical (unpaired) electrons. The number of carbonyl (C=O) groups is 1. The van der Waals surface area contributed by atoms with Crippen molar-refractivity contribution in [2.45, 2.75) is 31.9 Å². The number of aliphatic hydroxyl groups is 1. The normalized spacial score (nSPS) is 13.1. The Balaban J connectivity index is 1.95. The number of nitriles is 1. The molecule has 1 unspecified atom stereocenters. The standard InChI is InChI=1S/C16H18N4O2/c1-16(22,13-6-3-2-4-7-13)12-15(21)18-14-8-11-20(19-14)10-5-9-17/h2-4,6-8,11,22H,5,10,12H2,1H3,(H,18,19,21). The molecule has 6 nitrogen and oxygen atoms in total. The lowest BCUT2D eigenvalue weighted by atomic mass is 9.92. The van der Waals surface area contributed by atoms with Crippen molar-refractivity contribution in [2.75, 3.05) is 5.32 Å². The fourth-order valence-corrected chi connectivity index (χ4v) is 2.12. The molecule has 2 rings (SSSR count). The van der Waals surface area contributed by atoms with E-state index in [1.54, 1.807) is 36.0 Å². The van der Waals surface area contributed by atoms with Gasteiger partial charge in [-0.15, -0.1) is 0 Å². The van der Waals surface area contributed by atoms with E-state index in [1.165, 1.54) is 0 Å². The summed E-state index contributed by atoms with van der Waals surface area (Å²) in [6.07, 6.45) is 1.99. The van der Waals surface area contributed by atoms with Crippen LogP contribution in [-0.4, -0.2) is 20.8 Å². The summed E-state index contributed by atoms with van der Waals surface area (Å²) in [4.78, 5) is 12.1. The van der Waals surface area contributed by atoms with Crippen LogP contribution in [0.2, 0.25) is 0 Å². The van der Waals surface area contributed by atoms with E-state index in [1.807, 2.05) is 24.3 Å². The number of hydrogen-bond acceptors (Lipinski definition) is 4. The molecule has 1 atom stereocenters. The molecule has 6 heteroatoms. The number of aromatic nitrogens is 2. The number of carbonyl (C=O) groups excluding carboxylic acids is 1. The smallest absolute Gasteiger partial charge is 0.228 e. The maximum absolute atomic E-state index is 12.1. The van der Waals surface area contributed by atoms with Gasteiger partial charge in [-0.1, -0.05) is 30.3 Å². The molecule has 0 fully saturated rings. The minimum atomic E-state index is -1.24. The zero-order valence-electron chi connectivity index (χ0n) is 12.4. The zero-order chi connectivity index (χ0) is 16.0. The lowest BCUT2D eigenvalue weighted by molar-refractivity contribution is -0.120. The van der Waals surface area contributed by atoms with Crippen LogP contribution in [0.5, 0.6) is 0 Å². The Morgan fingerprint density at radius 3 is 2.82 bits per heavy atom. The highest BCUT2D eigenvalue weighted by molar-refractivity contribution is 5.90. The van der Waals surface area contributed by atoms with Crippen LogP contribution in [0.1, 0.15) is 25.3 Å². The Morgan fingerprint density at radius 2 is 2.14 bits per heavy atom. The lowest BCUT2D eigenvalue weighted by Crippen LogP contribution is -2.28. The average molecular weight is 298 g/mol. The van der Waals surface area contributed by atoms with Crippen molar-refractivity contribution >= 4 is 11.7 Å². The minimum absolute atomic E-state index is 0.0674. The van der Waals surface area contributed by atoms with E-state index in [2.05, 4.69) is 10.4 Å². The summed E-state index contributed by atoms with van der Waals surface area (Å²) in [6.45, 7) is 2.08. The van der Waals surface area contributed by atoms with Gasteiger partial charge in [0.2, 0.25) is 5.91 Å². The average Bonchev–Trinajstić information content (AvgIpc) is 2.92. The molecule has 1 heterocycles. The van der Waals surface area contributed by atoms with Gasteiger partial charge in [-0.25, -0.2) is 0 Å². The first kappa shape index (κ1) is 15.7. The van der Waals surface area contributed by atoms with Gasteiger partial charge in [0.05, 0.1) is 31.1 Å². The second kappa shape index (κ2) is 6.87. The van der Waals surface area contributed by atoms with E-state index >= 15 is 0 Å². The maximum atomic E-state index is 12.1. The van der Waals surface area contributed by atoms with Gasteiger partial charge < -0.3 is 10.4 Å². The molecule has 0 aliphatic heterocycles. The van der Waals surface area contributed by atoms with E-state index in [-0.39, 0.29) is 12.3 Å². The molecule has 0 saturated carbocycles. The van der Waals surface area contributed by atoms with Gasteiger partial charge >= 0.3 is 0 Å². The van der Waals surface area contributed by atoms with Crippen molar-refractivity contribution in [3.8, 4) is 6.07 Å². The fourth-order valence-electron chi connectivity index (χ4n) is 2.12. The summed E-state index contributed by atoms with van der Waals surface area (Å²) >= 11 is 0. The number of nitrogens with zero attached hydrogens (tertiary/aromatic N) is 3. The number of rotatable bonds is 6. The molecule has 2 aromatic rings. The first-order valence-corrected chi connectivity index (χ1v) is 6.99. The molecule has 1 aromatic carbocycles. The molecule has 0 aliphatic carbocycles. The van der Waals surface area contributed by atoms with E-state index in [0.29, 0.717) is 24.3 Å². The van der Waals surface area contributed by atoms with Crippen molar-refractivity contribution in [3.05, 3.63) is 48.2 Å². The molecule has 1 amide bonds. The number of hydrogen-bond donors (Lipinski definition) is 2. The van der Waals surface area contributed by atoms with Gasteiger partial charge in [-0.3, -0.25) is 9.48 Å². The van der Waals surface area contributed by atoms with Crippen LogP contribution < -0.4 is 5.32 Å². The van der Waals surface area contributed by atoms with Crippen molar-refractivity contribution < 1.29 is 9.90 Å². The molecular weight excluding hydrogens is 280 g/mol. The first-order valence-electron chi connectivity index (χ1n) is 6.99. The van der Waals surface area contributed by atoms with Crippen molar-refractivity contribution in [2.24, 2.45) is 0 Å². The second-order valence-electron chi connectivity index (χ2n) is 5.24. The van der Waals surface area contributed by atoms with Crippen molar-refractivity contribution in [1.82, 2.24) is 9.78 Å². The molecule has 0 spiro atoms. The fraction of sp³-hybridized carbons (Fsp3) is 0.312. The molecule has 0 aliphatic rings. The van der Waals surface area contributed by atoms with Gasteiger partial charge in [0.1, 0.15) is 0 Å². The van der Waals surface area contributed by atoms with Gasteiger partial charge in [0, 0.05) is 12.3 Å². The van der Waals surface area contributed by atoms with Crippen molar-refractivity contribution in [3.63, 3.8) is 0 Å². The second-order valence-corrected chi connectivity index (χ2v) is 5.24. The molecule has 0 saturated heterocycles. The third kappa shape index (κ3) is 4.17. The first-order chi connectivity index (χ1) is 10.5. The van der Waals surface area contributed by atoms with E-state index in [4.69, 9.17) is 5.26 Å². The maximum Gasteiger partial charge on any atom is 0.228 e. The summed E-state index contributed by atoms with van der Waals surface area (Å²) < 4.78 is 1.59. The highest BCUT2D eigenvalue weighted by Crippen LogP contribution is 2.24.